The zero-order chi connectivity index (χ0) is 24.3. The Kier molecular flexibility index (Phi) is 5.91. The standard InChI is InChI=1S/C30H27N5O/c36-29(33-17-19-34(20-18-33)30-26-14-8-7-9-23(26)15-16-31-30)22-35-28(25-12-5-2-6-13-25)21-27(32-35)24-10-3-1-4-11-24/h1-16,21H,17-20,22H2. The monoisotopic (exact) mass is 473 g/mol. The fourth-order valence-electron chi connectivity index (χ4n) is 4.88. The molecule has 1 aliphatic heterocycles. The van der Waals surface area contributed by atoms with Gasteiger partial charge in [0.15, 0.2) is 0 Å². The summed E-state index contributed by atoms with van der Waals surface area (Å²) in [5.74, 6) is 1.08. The molecule has 0 bridgehead atoms. The van der Waals surface area contributed by atoms with Crippen molar-refractivity contribution in [2.24, 2.45) is 0 Å². The Balaban J connectivity index is 1.20. The summed E-state index contributed by atoms with van der Waals surface area (Å²) in [5, 5.41) is 7.17. The molecule has 0 atom stereocenters. The van der Waals surface area contributed by atoms with Crippen LogP contribution >= 0.6 is 0 Å². The number of hydrogen-bond donors (Lipinski definition) is 0. The van der Waals surface area contributed by atoms with Crippen LogP contribution < -0.4 is 4.90 Å². The molecular weight excluding hydrogens is 446 g/mol. The summed E-state index contributed by atoms with van der Waals surface area (Å²) >= 11 is 0. The van der Waals surface area contributed by atoms with E-state index in [2.05, 4.69) is 40.2 Å². The van der Waals surface area contributed by atoms with Crippen molar-refractivity contribution in [3.8, 4) is 22.5 Å². The van der Waals surface area contributed by atoms with Crippen LogP contribution in [0.3, 0.4) is 0 Å². The molecule has 1 amide bonds. The normalized spacial score (nSPS) is 13.8. The smallest absolute Gasteiger partial charge is 0.244 e. The van der Waals surface area contributed by atoms with Crippen molar-refractivity contribution in [3.63, 3.8) is 0 Å². The fourth-order valence-corrected chi connectivity index (χ4v) is 4.88. The van der Waals surface area contributed by atoms with Gasteiger partial charge in [-0.25, -0.2) is 4.98 Å². The van der Waals surface area contributed by atoms with Gasteiger partial charge in [-0.15, -0.1) is 0 Å². The predicted octanol–water partition coefficient (Wildman–Crippen LogP) is 5.11. The molecule has 3 aromatic carbocycles. The van der Waals surface area contributed by atoms with Crippen molar-refractivity contribution in [3.05, 3.63) is 103 Å². The van der Waals surface area contributed by atoms with E-state index in [1.54, 1.807) is 0 Å². The highest BCUT2D eigenvalue weighted by molar-refractivity contribution is 5.92. The highest BCUT2D eigenvalue weighted by atomic mass is 16.2. The molecule has 3 heterocycles. The van der Waals surface area contributed by atoms with Crippen LogP contribution in [0, 0.1) is 0 Å². The Bertz CT molecular complexity index is 1480. The number of hydrogen-bond acceptors (Lipinski definition) is 4. The number of piperazine rings is 1. The van der Waals surface area contributed by atoms with Crippen molar-refractivity contribution in [2.75, 3.05) is 31.1 Å². The van der Waals surface area contributed by atoms with Crippen LogP contribution in [0.5, 0.6) is 0 Å². The van der Waals surface area contributed by atoms with Crippen LogP contribution in [0.1, 0.15) is 0 Å². The highest BCUT2D eigenvalue weighted by Crippen LogP contribution is 2.27. The molecule has 36 heavy (non-hydrogen) atoms. The van der Waals surface area contributed by atoms with Gasteiger partial charge in [0.05, 0.1) is 11.4 Å². The number of pyridine rings is 1. The Labute approximate surface area is 210 Å². The van der Waals surface area contributed by atoms with E-state index in [-0.39, 0.29) is 12.5 Å². The molecule has 1 aliphatic rings. The third-order valence-electron chi connectivity index (χ3n) is 6.79. The lowest BCUT2D eigenvalue weighted by Gasteiger charge is -2.36. The molecule has 1 saturated heterocycles. The van der Waals surface area contributed by atoms with E-state index in [0.29, 0.717) is 13.1 Å². The first-order chi connectivity index (χ1) is 17.8. The third kappa shape index (κ3) is 4.33. The van der Waals surface area contributed by atoms with E-state index in [1.165, 1.54) is 5.39 Å². The van der Waals surface area contributed by atoms with Gasteiger partial charge in [0, 0.05) is 43.3 Å². The molecule has 6 rings (SSSR count). The number of fused-ring (bicyclic) bond motifs is 1. The molecule has 178 valence electrons. The number of rotatable bonds is 5. The van der Waals surface area contributed by atoms with Crippen LogP contribution in [0.15, 0.2) is 103 Å². The molecular formula is C30H27N5O. The van der Waals surface area contributed by atoms with Gasteiger partial charge in [-0.05, 0) is 23.1 Å². The average Bonchev–Trinajstić information content (AvgIpc) is 3.37. The summed E-state index contributed by atoms with van der Waals surface area (Å²) in [7, 11) is 0. The maximum atomic E-state index is 13.4. The second-order valence-electron chi connectivity index (χ2n) is 9.03. The van der Waals surface area contributed by atoms with Crippen molar-refractivity contribution in [1.82, 2.24) is 19.7 Å². The summed E-state index contributed by atoms with van der Waals surface area (Å²) < 4.78 is 1.85. The zero-order valence-corrected chi connectivity index (χ0v) is 20.0. The quantitative estimate of drug-likeness (QED) is 0.356. The lowest BCUT2D eigenvalue weighted by molar-refractivity contribution is -0.132. The van der Waals surface area contributed by atoms with Gasteiger partial charge in [-0.3, -0.25) is 9.48 Å². The van der Waals surface area contributed by atoms with E-state index < -0.39 is 0 Å². The maximum Gasteiger partial charge on any atom is 0.244 e. The van der Waals surface area contributed by atoms with Crippen LogP contribution in [-0.2, 0) is 11.3 Å². The SMILES string of the molecule is O=C(Cn1nc(-c2ccccc2)cc1-c1ccccc1)N1CCN(c2nccc3ccccc23)CC1. The number of anilines is 1. The molecule has 6 nitrogen and oxygen atoms in total. The summed E-state index contributed by atoms with van der Waals surface area (Å²) in [6, 6.07) is 32.7. The number of nitrogens with zero attached hydrogens (tertiary/aromatic N) is 5. The maximum absolute atomic E-state index is 13.4. The number of aromatic nitrogens is 3. The summed E-state index contributed by atoms with van der Waals surface area (Å²) in [5.41, 5.74) is 3.90. The lowest BCUT2D eigenvalue weighted by Crippen LogP contribution is -2.50. The Morgan fingerprint density at radius 2 is 1.42 bits per heavy atom. The minimum absolute atomic E-state index is 0.0837. The molecule has 0 unspecified atom stereocenters. The fraction of sp³-hybridized carbons (Fsp3) is 0.167. The minimum Gasteiger partial charge on any atom is -0.353 e. The van der Waals surface area contributed by atoms with Gasteiger partial charge in [-0.2, -0.15) is 5.10 Å². The average molecular weight is 474 g/mol. The third-order valence-corrected chi connectivity index (χ3v) is 6.79. The van der Waals surface area contributed by atoms with E-state index in [1.807, 2.05) is 82.5 Å². The van der Waals surface area contributed by atoms with Gasteiger partial charge in [0.1, 0.15) is 12.4 Å². The summed E-state index contributed by atoms with van der Waals surface area (Å²) in [6.45, 7) is 3.05. The van der Waals surface area contributed by atoms with Crippen molar-refractivity contribution in [1.29, 1.82) is 0 Å². The molecule has 0 saturated carbocycles. The topological polar surface area (TPSA) is 54.3 Å². The van der Waals surface area contributed by atoms with Gasteiger partial charge in [0.25, 0.3) is 0 Å². The lowest BCUT2D eigenvalue weighted by atomic mass is 10.1. The van der Waals surface area contributed by atoms with Crippen molar-refractivity contribution < 1.29 is 4.79 Å². The molecule has 0 N–H and O–H groups in total. The number of carbonyl (C=O) groups excluding carboxylic acids is 1. The number of benzene rings is 3. The van der Waals surface area contributed by atoms with Crippen LogP contribution in [-0.4, -0.2) is 51.8 Å². The zero-order valence-electron chi connectivity index (χ0n) is 20.0. The van der Waals surface area contributed by atoms with Gasteiger partial charge in [0.2, 0.25) is 5.91 Å². The molecule has 0 radical (unpaired) electrons. The van der Waals surface area contributed by atoms with Crippen molar-refractivity contribution in [2.45, 2.75) is 6.54 Å². The van der Waals surface area contributed by atoms with E-state index in [0.717, 1.165) is 46.8 Å². The Hall–Kier alpha value is -4.45. The molecule has 0 spiro atoms. The van der Waals surface area contributed by atoms with Crippen LogP contribution in [0.2, 0.25) is 0 Å². The van der Waals surface area contributed by atoms with E-state index in [9.17, 15) is 4.79 Å². The first-order valence-corrected chi connectivity index (χ1v) is 12.3. The van der Waals surface area contributed by atoms with Crippen molar-refractivity contribution >= 4 is 22.5 Å². The molecule has 2 aromatic heterocycles. The first-order valence-electron chi connectivity index (χ1n) is 12.3. The second-order valence-corrected chi connectivity index (χ2v) is 9.03. The predicted molar refractivity (Wildman–Crippen MR) is 144 cm³/mol. The molecule has 1 fully saturated rings. The van der Waals surface area contributed by atoms with Crippen LogP contribution in [0.25, 0.3) is 33.3 Å². The first kappa shape index (κ1) is 22.0. The summed E-state index contributed by atoms with van der Waals surface area (Å²) in [4.78, 5) is 22.3. The molecule has 6 heteroatoms. The highest BCUT2D eigenvalue weighted by Gasteiger charge is 2.24. The van der Waals surface area contributed by atoms with Gasteiger partial charge in [-0.1, -0.05) is 84.9 Å². The van der Waals surface area contributed by atoms with E-state index in [4.69, 9.17) is 5.10 Å². The molecule has 0 aliphatic carbocycles. The number of amides is 1. The minimum atomic E-state index is 0.0837. The molecule has 5 aromatic rings. The van der Waals surface area contributed by atoms with E-state index >= 15 is 0 Å². The van der Waals surface area contributed by atoms with Crippen LogP contribution in [0.4, 0.5) is 5.82 Å². The summed E-state index contributed by atoms with van der Waals surface area (Å²) in [6.07, 6.45) is 1.86. The second kappa shape index (κ2) is 9.66. The Morgan fingerprint density at radius 3 is 2.17 bits per heavy atom. The Morgan fingerprint density at radius 1 is 0.750 bits per heavy atom. The van der Waals surface area contributed by atoms with Gasteiger partial charge >= 0.3 is 0 Å². The number of carbonyl (C=O) groups is 1. The largest absolute Gasteiger partial charge is 0.353 e. The van der Waals surface area contributed by atoms with Gasteiger partial charge < -0.3 is 9.80 Å².